The molecule has 0 N–H and O–H groups in total. The highest BCUT2D eigenvalue weighted by Gasteiger charge is 2.04. The minimum absolute atomic E-state index is 0.587. The average Bonchev–Trinajstić information content (AvgIpc) is 2.41. The van der Waals surface area contributed by atoms with E-state index in [-0.39, 0.29) is 0 Å². The van der Waals surface area contributed by atoms with Gasteiger partial charge in [-0.05, 0) is 13.0 Å². The van der Waals surface area contributed by atoms with Crippen LogP contribution in [0.15, 0.2) is 18.5 Å². The number of rotatable bonds is 0. The Hall–Kier alpha value is -1.02. The molecule has 2 rings (SSSR count). The molecular formula is C9H9ClN2. The van der Waals surface area contributed by atoms with E-state index in [2.05, 4.69) is 9.55 Å². The predicted molar refractivity (Wildman–Crippen MR) is 50.5 cm³/mol. The quantitative estimate of drug-likeness (QED) is 0.570. The topological polar surface area (TPSA) is 17.8 Å². The van der Waals surface area contributed by atoms with Gasteiger partial charge in [0.1, 0.15) is 5.15 Å². The smallest absolute Gasteiger partial charge is 0.134 e. The van der Waals surface area contributed by atoms with Crippen molar-refractivity contribution >= 4 is 22.5 Å². The highest BCUT2D eigenvalue weighted by molar-refractivity contribution is 6.30. The van der Waals surface area contributed by atoms with E-state index in [0.717, 1.165) is 16.5 Å². The lowest BCUT2D eigenvalue weighted by molar-refractivity contribution is 0.962. The lowest BCUT2D eigenvalue weighted by atomic mass is 10.2. The molecule has 0 amide bonds. The lowest BCUT2D eigenvalue weighted by Crippen LogP contribution is -1.89. The van der Waals surface area contributed by atoms with Crippen LogP contribution in [0.3, 0.4) is 0 Å². The summed E-state index contributed by atoms with van der Waals surface area (Å²) in [5.41, 5.74) is 2.21. The van der Waals surface area contributed by atoms with Crippen molar-refractivity contribution in [2.45, 2.75) is 6.92 Å². The van der Waals surface area contributed by atoms with Crippen LogP contribution in [0.5, 0.6) is 0 Å². The Morgan fingerprint density at radius 3 is 3.00 bits per heavy atom. The maximum atomic E-state index is 5.89. The number of hydrogen-bond donors (Lipinski definition) is 0. The number of nitrogens with zero attached hydrogens (tertiary/aromatic N) is 2. The molecule has 0 aliphatic heterocycles. The highest BCUT2D eigenvalue weighted by atomic mass is 35.5. The zero-order valence-electron chi connectivity index (χ0n) is 7.00. The van der Waals surface area contributed by atoms with Gasteiger partial charge in [0.05, 0.1) is 5.52 Å². The molecule has 2 heterocycles. The molecule has 0 saturated heterocycles. The van der Waals surface area contributed by atoms with E-state index in [9.17, 15) is 0 Å². The first-order valence-electron chi connectivity index (χ1n) is 3.76. The van der Waals surface area contributed by atoms with Crippen molar-refractivity contribution in [1.29, 1.82) is 0 Å². The van der Waals surface area contributed by atoms with Gasteiger partial charge >= 0.3 is 0 Å². The second kappa shape index (κ2) is 2.49. The van der Waals surface area contributed by atoms with Gasteiger partial charge in [-0.15, -0.1) is 0 Å². The molecule has 0 bridgehead atoms. The minimum Gasteiger partial charge on any atom is -0.350 e. The van der Waals surface area contributed by atoms with Crippen LogP contribution in [0.1, 0.15) is 5.56 Å². The zero-order chi connectivity index (χ0) is 8.72. The van der Waals surface area contributed by atoms with Gasteiger partial charge in [-0.25, -0.2) is 4.98 Å². The molecule has 0 atom stereocenters. The number of pyridine rings is 1. The summed E-state index contributed by atoms with van der Waals surface area (Å²) in [5.74, 6) is 0. The van der Waals surface area contributed by atoms with Gasteiger partial charge in [0, 0.05) is 30.4 Å². The maximum absolute atomic E-state index is 5.89. The van der Waals surface area contributed by atoms with Gasteiger partial charge in [0.2, 0.25) is 0 Å². The molecule has 0 saturated carbocycles. The third kappa shape index (κ3) is 0.916. The average molecular weight is 181 g/mol. The van der Waals surface area contributed by atoms with Gasteiger partial charge in [-0.3, -0.25) is 0 Å². The molecule has 0 aromatic carbocycles. The molecule has 0 aliphatic carbocycles. The van der Waals surface area contributed by atoms with Crippen LogP contribution in [0.25, 0.3) is 10.9 Å². The first kappa shape index (κ1) is 7.62. The van der Waals surface area contributed by atoms with Gasteiger partial charge in [0.25, 0.3) is 0 Å². The normalized spacial score (nSPS) is 10.9. The Kier molecular flexibility index (Phi) is 1.58. The van der Waals surface area contributed by atoms with E-state index in [4.69, 9.17) is 11.6 Å². The molecule has 12 heavy (non-hydrogen) atoms. The van der Waals surface area contributed by atoms with Crippen LogP contribution >= 0.6 is 11.6 Å². The third-order valence-electron chi connectivity index (χ3n) is 2.09. The Balaban J connectivity index is 2.96. The lowest BCUT2D eigenvalue weighted by Gasteiger charge is -2.01. The fourth-order valence-electron chi connectivity index (χ4n) is 1.46. The summed E-state index contributed by atoms with van der Waals surface area (Å²) in [6, 6.07) is 2.03. The molecule has 0 aliphatic rings. The molecule has 2 aromatic rings. The minimum atomic E-state index is 0.587. The highest BCUT2D eigenvalue weighted by Crippen LogP contribution is 2.22. The maximum Gasteiger partial charge on any atom is 0.134 e. The van der Waals surface area contributed by atoms with Crippen LogP contribution < -0.4 is 0 Å². The van der Waals surface area contributed by atoms with Crippen molar-refractivity contribution in [3.05, 3.63) is 29.2 Å². The van der Waals surface area contributed by atoms with Gasteiger partial charge in [-0.1, -0.05) is 11.6 Å². The van der Waals surface area contributed by atoms with Crippen LogP contribution in [0.2, 0.25) is 5.15 Å². The van der Waals surface area contributed by atoms with E-state index < -0.39 is 0 Å². The summed E-state index contributed by atoms with van der Waals surface area (Å²) >= 11 is 5.89. The summed E-state index contributed by atoms with van der Waals surface area (Å²) in [6.45, 7) is 1.98. The summed E-state index contributed by atoms with van der Waals surface area (Å²) in [5, 5.41) is 1.73. The van der Waals surface area contributed by atoms with Crippen molar-refractivity contribution in [2.75, 3.05) is 0 Å². The molecule has 2 aromatic heterocycles. The summed E-state index contributed by atoms with van der Waals surface area (Å²) < 4.78 is 2.05. The fourth-order valence-corrected chi connectivity index (χ4v) is 1.59. The first-order chi connectivity index (χ1) is 5.70. The number of halogens is 1. The van der Waals surface area contributed by atoms with Crippen LogP contribution in [0, 0.1) is 6.92 Å². The van der Waals surface area contributed by atoms with Crippen molar-refractivity contribution < 1.29 is 0 Å². The second-order valence-corrected chi connectivity index (χ2v) is 3.26. The standard InChI is InChI=1S/C9H9ClN2/c1-6-8-7(3-4-12(8)2)5-11-9(6)10/h3-5H,1-2H3. The van der Waals surface area contributed by atoms with E-state index in [1.54, 1.807) is 6.20 Å². The SMILES string of the molecule is Cc1c(Cl)ncc2ccn(C)c12. The molecule has 2 nitrogen and oxygen atoms in total. The Bertz CT molecular complexity index is 431. The summed E-state index contributed by atoms with van der Waals surface area (Å²) in [4.78, 5) is 4.07. The molecular weight excluding hydrogens is 172 g/mol. The Morgan fingerprint density at radius 2 is 2.25 bits per heavy atom. The second-order valence-electron chi connectivity index (χ2n) is 2.90. The first-order valence-corrected chi connectivity index (χ1v) is 4.14. The van der Waals surface area contributed by atoms with Crippen LogP contribution in [0.4, 0.5) is 0 Å². The Morgan fingerprint density at radius 1 is 1.50 bits per heavy atom. The van der Waals surface area contributed by atoms with Gasteiger partial charge in [-0.2, -0.15) is 0 Å². The molecule has 3 heteroatoms. The molecule has 0 fully saturated rings. The number of hydrogen-bond acceptors (Lipinski definition) is 1. The fraction of sp³-hybridized carbons (Fsp3) is 0.222. The van der Waals surface area contributed by atoms with Crippen molar-refractivity contribution in [3.8, 4) is 0 Å². The van der Waals surface area contributed by atoms with Crippen molar-refractivity contribution in [2.24, 2.45) is 7.05 Å². The molecule has 0 spiro atoms. The predicted octanol–water partition coefficient (Wildman–Crippen LogP) is 2.54. The van der Waals surface area contributed by atoms with E-state index in [1.807, 2.05) is 26.2 Å². The van der Waals surface area contributed by atoms with Crippen LogP contribution in [-0.4, -0.2) is 9.55 Å². The summed E-state index contributed by atoms with van der Waals surface area (Å²) in [7, 11) is 2.01. The van der Waals surface area contributed by atoms with Gasteiger partial charge in [0.15, 0.2) is 0 Å². The van der Waals surface area contributed by atoms with Gasteiger partial charge < -0.3 is 4.57 Å². The number of aryl methyl sites for hydroxylation is 2. The summed E-state index contributed by atoms with van der Waals surface area (Å²) in [6.07, 6.45) is 3.81. The Labute approximate surface area is 75.8 Å². The molecule has 0 unspecified atom stereocenters. The number of fused-ring (bicyclic) bond motifs is 1. The van der Waals surface area contributed by atoms with Crippen LogP contribution in [-0.2, 0) is 7.05 Å². The number of aromatic nitrogens is 2. The van der Waals surface area contributed by atoms with E-state index in [0.29, 0.717) is 5.15 Å². The third-order valence-corrected chi connectivity index (χ3v) is 2.47. The largest absolute Gasteiger partial charge is 0.350 e. The van der Waals surface area contributed by atoms with E-state index in [1.165, 1.54) is 0 Å². The van der Waals surface area contributed by atoms with E-state index >= 15 is 0 Å². The molecule has 0 radical (unpaired) electrons. The van der Waals surface area contributed by atoms with Crippen molar-refractivity contribution in [3.63, 3.8) is 0 Å². The monoisotopic (exact) mass is 180 g/mol. The molecule has 62 valence electrons. The van der Waals surface area contributed by atoms with Crippen molar-refractivity contribution in [1.82, 2.24) is 9.55 Å². The zero-order valence-corrected chi connectivity index (χ0v) is 7.76.